The van der Waals surface area contributed by atoms with Gasteiger partial charge in [-0.1, -0.05) is 13.8 Å². The van der Waals surface area contributed by atoms with Gasteiger partial charge in [-0.05, 0) is 12.2 Å². The highest BCUT2D eigenvalue weighted by Crippen LogP contribution is 2.31. The van der Waals surface area contributed by atoms with Crippen LogP contribution in [0, 0.1) is 5.41 Å². The van der Waals surface area contributed by atoms with Gasteiger partial charge in [0, 0.05) is 25.3 Å². The van der Waals surface area contributed by atoms with Crippen molar-refractivity contribution >= 4 is 23.6 Å². The number of aliphatic hydroxyl groups excluding tert-OH is 1. The zero-order valence-electron chi connectivity index (χ0n) is 9.86. The van der Waals surface area contributed by atoms with E-state index in [0.717, 1.165) is 17.9 Å². The molecule has 5 heteroatoms. The maximum Gasteiger partial charge on any atom is 0.235 e. The normalized spacial score (nSPS) is 19.6. The maximum atomic E-state index is 11.8. The third-order valence-electron chi connectivity index (χ3n) is 2.62. The summed E-state index contributed by atoms with van der Waals surface area (Å²) in [5.41, 5.74) is -0.521. The first-order chi connectivity index (χ1) is 7.49. The minimum atomic E-state index is -0.521. The number of aliphatic hydroxyl groups is 1. The van der Waals surface area contributed by atoms with Crippen LogP contribution in [0.1, 0.15) is 26.7 Å². The summed E-state index contributed by atoms with van der Waals surface area (Å²) >= 11 is 1.66. The molecular formula is C11H19NO3S. The molecule has 92 valence electrons. The molecule has 1 fully saturated rings. The quantitative estimate of drug-likeness (QED) is 0.557. The summed E-state index contributed by atoms with van der Waals surface area (Å²) in [7, 11) is 0. The lowest BCUT2D eigenvalue weighted by molar-refractivity contribution is -0.140. The summed E-state index contributed by atoms with van der Waals surface area (Å²) in [4.78, 5) is 24.8. The molecule has 0 aromatic carbocycles. The van der Waals surface area contributed by atoms with E-state index in [4.69, 9.17) is 5.11 Å². The minimum absolute atomic E-state index is 0.0553. The van der Waals surface area contributed by atoms with E-state index in [2.05, 4.69) is 0 Å². The van der Waals surface area contributed by atoms with Crippen molar-refractivity contribution < 1.29 is 14.7 Å². The van der Waals surface area contributed by atoms with Crippen LogP contribution in [0.15, 0.2) is 0 Å². The Hall–Kier alpha value is -0.550. The van der Waals surface area contributed by atoms with Crippen LogP contribution in [0.4, 0.5) is 0 Å². The fourth-order valence-corrected chi connectivity index (χ4v) is 2.53. The number of imide groups is 1. The van der Waals surface area contributed by atoms with Crippen LogP contribution in [0.2, 0.25) is 0 Å². The number of nitrogens with zero attached hydrogens (tertiary/aromatic N) is 1. The van der Waals surface area contributed by atoms with Gasteiger partial charge in [0.15, 0.2) is 0 Å². The molecule has 0 spiro atoms. The van der Waals surface area contributed by atoms with Crippen molar-refractivity contribution in [3.63, 3.8) is 0 Å². The summed E-state index contributed by atoms with van der Waals surface area (Å²) in [6, 6.07) is 0. The van der Waals surface area contributed by atoms with Gasteiger partial charge in [0.2, 0.25) is 11.8 Å². The third-order valence-corrected chi connectivity index (χ3v) is 3.67. The Bertz CT molecular complexity index is 278. The number of thioether (sulfide) groups is 1. The highest BCUT2D eigenvalue weighted by Gasteiger charge is 2.44. The third kappa shape index (κ3) is 3.22. The second kappa shape index (κ2) is 5.68. The number of hydrogen-bond acceptors (Lipinski definition) is 4. The number of amides is 2. The second-order valence-electron chi connectivity index (χ2n) is 4.60. The Labute approximate surface area is 100 Å². The predicted molar refractivity (Wildman–Crippen MR) is 64.1 cm³/mol. The van der Waals surface area contributed by atoms with Gasteiger partial charge < -0.3 is 5.11 Å². The van der Waals surface area contributed by atoms with Crippen LogP contribution in [-0.4, -0.2) is 46.5 Å². The molecule has 0 radical (unpaired) electrons. The number of hydrogen-bond donors (Lipinski definition) is 1. The molecule has 16 heavy (non-hydrogen) atoms. The lowest BCUT2D eigenvalue weighted by Crippen LogP contribution is -2.34. The average Bonchev–Trinajstić information content (AvgIpc) is 2.39. The van der Waals surface area contributed by atoms with Gasteiger partial charge in [-0.3, -0.25) is 14.5 Å². The van der Waals surface area contributed by atoms with Crippen LogP contribution in [0.3, 0.4) is 0 Å². The van der Waals surface area contributed by atoms with Crippen LogP contribution in [0.5, 0.6) is 0 Å². The van der Waals surface area contributed by atoms with Gasteiger partial charge in [0.05, 0.1) is 5.41 Å². The Kier molecular flexibility index (Phi) is 4.80. The van der Waals surface area contributed by atoms with Crippen LogP contribution >= 0.6 is 11.8 Å². The van der Waals surface area contributed by atoms with Crippen LogP contribution in [0.25, 0.3) is 0 Å². The smallest absolute Gasteiger partial charge is 0.235 e. The SMILES string of the molecule is CC1(C)CC(=O)N(CCSCCCO)C1=O. The number of rotatable bonds is 6. The van der Waals surface area contributed by atoms with Crippen molar-refractivity contribution in [3.8, 4) is 0 Å². The summed E-state index contributed by atoms with van der Waals surface area (Å²) < 4.78 is 0. The number of likely N-dealkylation sites (tertiary alicyclic amines) is 1. The summed E-state index contributed by atoms with van der Waals surface area (Å²) in [5, 5.41) is 8.60. The molecule has 1 N–H and O–H groups in total. The molecule has 0 aromatic heterocycles. The first kappa shape index (κ1) is 13.5. The Balaban J connectivity index is 2.32. The Morgan fingerprint density at radius 2 is 2.06 bits per heavy atom. The van der Waals surface area contributed by atoms with Crippen LogP contribution in [-0.2, 0) is 9.59 Å². The fourth-order valence-electron chi connectivity index (χ4n) is 1.68. The van der Waals surface area contributed by atoms with Crippen molar-refractivity contribution in [1.82, 2.24) is 4.90 Å². The van der Waals surface area contributed by atoms with Crippen molar-refractivity contribution in [2.24, 2.45) is 5.41 Å². The minimum Gasteiger partial charge on any atom is -0.396 e. The Morgan fingerprint density at radius 3 is 2.56 bits per heavy atom. The second-order valence-corrected chi connectivity index (χ2v) is 5.83. The highest BCUT2D eigenvalue weighted by molar-refractivity contribution is 7.99. The average molecular weight is 245 g/mol. The number of carbonyl (C=O) groups is 2. The zero-order chi connectivity index (χ0) is 12.2. The predicted octanol–water partition coefficient (Wildman–Crippen LogP) is 0.887. The van der Waals surface area contributed by atoms with Gasteiger partial charge in [-0.25, -0.2) is 0 Å². The molecule has 1 rings (SSSR count). The topological polar surface area (TPSA) is 57.6 Å². The van der Waals surface area contributed by atoms with Gasteiger partial charge in [-0.15, -0.1) is 0 Å². The van der Waals surface area contributed by atoms with E-state index in [9.17, 15) is 9.59 Å². The van der Waals surface area contributed by atoms with E-state index in [1.807, 2.05) is 13.8 Å². The van der Waals surface area contributed by atoms with Gasteiger partial charge >= 0.3 is 0 Å². The molecule has 0 atom stereocenters. The molecule has 2 amide bonds. The van der Waals surface area contributed by atoms with Crippen LogP contribution < -0.4 is 0 Å². The monoisotopic (exact) mass is 245 g/mol. The molecule has 1 aliphatic heterocycles. The van der Waals surface area contributed by atoms with Crippen molar-refractivity contribution in [2.45, 2.75) is 26.7 Å². The van der Waals surface area contributed by atoms with Gasteiger partial charge in [0.25, 0.3) is 0 Å². The molecule has 0 aliphatic carbocycles. The molecule has 0 aromatic rings. The van der Waals surface area contributed by atoms with Gasteiger partial charge in [0.1, 0.15) is 0 Å². The first-order valence-corrected chi connectivity index (χ1v) is 6.68. The summed E-state index contributed by atoms with van der Waals surface area (Å²) in [5.74, 6) is 1.52. The van der Waals surface area contributed by atoms with Crippen molar-refractivity contribution in [2.75, 3.05) is 24.7 Å². The molecular weight excluding hydrogens is 226 g/mol. The van der Waals surface area contributed by atoms with E-state index in [-0.39, 0.29) is 18.4 Å². The maximum absolute atomic E-state index is 11.8. The van der Waals surface area contributed by atoms with E-state index in [1.165, 1.54) is 4.90 Å². The molecule has 0 saturated carbocycles. The lowest BCUT2D eigenvalue weighted by Gasteiger charge is -2.17. The zero-order valence-corrected chi connectivity index (χ0v) is 10.7. The van der Waals surface area contributed by atoms with E-state index in [0.29, 0.717) is 13.0 Å². The molecule has 0 unspecified atom stereocenters. The molecule has 4 nitrogen and oxygen atoms in total. The fraction of sp³-hybridized carbons (Fsp3) is 0.818. The van der Waals surface area contributed by atoms with Gasteiger partial charge in [-0.2, -0.15) is 11.8 Å². The number of carbonyl (C=O) groups excluding carboxylic acids is 2. The lowest BCUT2D eigenvalue weighted by atomic mass is 9.92. The highest BCUT2D eigenvalue weighted by atomic mass is 32.2. The molecule has 0 bridgehead atoms. The van der Waals surface area contributed by atoms with E-state index >= 15 is 0 Å². The summed E-state index contributed by atoms with van der Waals surface area (Å²) in [6.07, 6.45) is 1.09. The van der Waals surface area contributed by atoms with Crippen molar-refractivity contribution in [3.05, 3.63) is 0 Å². The summed E-state index contributed by atoms with van der Waals surface area (Å²) in [6.45, 7) is 4.32. The first-order valence-electron chi connectivity index (χ1n) is 5.52. The molecule has 1 aliphatic rings. The molecule has 1 heterocycles. The molecule has 1 saturated heterocycles. The van der Waals surface area contributed by atoms with E-state index < -0.39 is 5.41 Å². The largest absolute Gasteiger partial charge is 0.396 e. The Morgan fingerprint density at radius 1 is 1.38 bits per heavy atom. The standard InChI is InChI=1S/C11H19NO3S/c1-11(2)8-9(14)12(10(11)15)4-7-16-6-3-5-13/h13H,3-8H2,1-2H3. The van der Waals surface area contributed by atoms with E-state index in [1.54, 1.807) is 11.8 Å². The van der Waals surface area contributed by atoms with Crippen molar-refractivity contribution in [1.29, 1.82) is 0 Å².